The Balaban J connectivity index is 2.31. The lowest BCUT2D eigenvalue weighted by Gasteiger charge is -2.00. The number of methoxy groups -OCH3 is 1. The number of ether oxygens (including phenoxy) is 1. The molecule has 0 aliphatic carbocycles. The van der Waals surface area contributed by atoms with Crippen LogP contribution >= 0.6 is 11.3 Å². The highest BCUT2D eigenvalue weighted by molar-refractivity contribution is 7.11. The fourth-order valence-electron chi connectivity index (χ4n) is 1.46. The van der Waals surface area contributed by atoms with Crippen LogP contribution in [0, 0.1) is 11.3 Å². The van der Waals surface area contributed by atoms with Crippen LogP contribution in [0.5, 0.6) is 5.75 Å². The van der Waals surface area contributed by atoms with Crippen molar-refractivity contribution < 1.29 is 4.74 Å². The van der Waals surface area contributed by atoms with Crippen LogP contribution in [0.2, 0.25) is 0 Å². The molecule has 0 bridgehead atoms. The van der Waals surface area contributed by atoms with Crippen molar-refractivity contribution in [2.45, 2.75) is 0 Å². The molecular weight excluding hydrogens is 230 g/mol. The summed E-state index contributed by atoms with van der Waals surface area (Å²) in [7, 11) is 1.64. The predicted octanol–water partition coefficient (Wildman–Crippen LogP) is 3.82. The van der Waals surface area contributed by atoms with Crippen LogP contribution in [0.15, 0.2) is 41.8 Å². The minimum absolute atomic E-state index is 0.685. The van der Waals surface area contributed by atoms with Gasteiger partial charge in [-0.3, -0.25) is 0 Å². The number of nitrogens with zero attached hydrogens (tertiary/aromatic N) is 1. The number of hydrogen-bond acceptors (Lipinski definition) is 3. The normalized spacial score (nSPS) is 10.9. The van der Waals surface area contributed by atoms with Crippen molar-refractivity contribution in [1.82, 2.24) is 0 Å². The zero-order valence-electron chi connectivity index (χ0n) is 9.38. The van der Waals surface area contributed by atoms with Gasteiger partial charge >= 0.3 is 0 Å². The molecule has 2 rings (SSSR count). The molecule has 17 heavy (non-hydrogen) atoms. The summed E-state index contributed by atoms with van der Waals surface area (Å²) in [5, 5.41) is 11.1. The van der Waals surface area contributed by atoms with Gasteiger partial charge in [-0.15, -0.1) is 11.3 Å². The monoisotopic (exact) mass is 241 g/mol. The number of nitriles is 1. The van der Waals surface area contributed by atoms with Crippen molar-refractivity contribution in [2.24, 2.45) is 0 Å². The van der Waals surface area contributed by atoms with Crippen molar-refractivity contribution in [1.29, 1.82) is 5.26 Å². The molecular formula is C14H11NOS. The molecule has 2 aromatic rings. The van der Waals surface area contributed by atoms with Crippen LogP contribution in [-0.4, -0.2) is 7.11 Å². The van der Waals surface area contributed by atoms with E-state index in [0.717, 1.165) is 16.2 Å². The first-order valence-electron chi connectivity index (χ1n) is 5.13. The van der Waals surface area contributed by atoms with E-state index < -0.39 is 0 Å². The molecule has 1 heterocycles. The van der Waals surface area contributed by atoms with Crippen LogP contribution in [0.3, 0.4) is 0 Å². The fourth-order valence-corrected chi connectivity index (χ4v) is 2.15. The molecule has 0 saturated heterocycles. The minimum Gasteiger partial charge on any atom is -0.497 e. The van der Waals surface area contributed by atoms with Crippen molar-refractivity contribution in [3.8, 4) is 11.8 Å². The first-order valence-corrected chi connectivity index (χ1v) is 6.01. The maximum atomic E-state index is 9.12. The lowest BCUT2D eigenvalue weighted by molar-refractivity contribution is 0.415. The zero-order chi connectivity index (χ0) is 12.1. The van der Waals surface area contributed by atoms with Gasteiger partial charge in [0.2, 0.25) is 0 Å². The summed E-state index contributed by atoms with van der Waals surface area (Å²) in [4.78, 5) is 0.989. The molecule has 1 aromatic carbocycles. The molecule has 2 nitrogen and oxygen atoms in total. The van der Waals surface area contributed by atoms with Gasteiger partial charge in [-0.05, 0) is 35.2 Å². The highest BCUT2D eigenvalue weighted by Gasteiger charge is 2.01. The summed E-state index contributed by atoms with van der Waals surface area (Å²) < 4.78 is 5.09. The molecule has 84 valence electrons. The van der Waals surface area contributed by atoms with Crippen molar-refractivity contribution in [2.75, 3.05) is 7.11 Å². The number of benzene rings is 1. The SMILES string of the molecule is COc1ccc(/C=C(/C#N)c2cccs2)cc1. The molecule has 0 atom stereocenters. The van der Waals surface area contributed by atoms with Crippen LogP contribution in [0.25, 0.3) is 11.6 Å². The quantitative estimate of drug-likeness (QED) is 0.765. The number of thiophene rings is 1. The summed E-state index contributed by atoms with van der Waals surface area (Å²) >= 11 is 1.57. The second-order valence-electron chi connectivity index (χ2n) is 3.42. The Morgan fingerprint density at radius 3 is 2.59 bits per heavy atom. The van der Waals surface area contributed by atoms with Gasteiger partial charge in [0.25, 0.3) is 0 Å². The van der Waals surface area contributed by atoms with E-state index in [-0.39, 0.29) is 0 Å². The van der Waals surface area contributed by atoms with Gasteiger partial charge in [-0.25, -0.2) is 0 Å². The average molecular weight is 241 g/mol. The minimum atomic E-state index is 0.685. The van der Waals surface area contributed by atoms with Gasteiger partial charge in [0.05, 0.1) is 12.7 Å². The summed E-state index contributed by atoms with van der Waals surface area (Å²) in [6.45, 7) is 0. The molecule has 0 N–H and O–H groups in total. The standard InChI is InChI=1S/C14H11NOS/c1-16-13-6-4-11(5-7-13)9-12(10-15)14-3-2-8-17-14/h2-9H,1H3/b12-9-. The van der Waals surface area contributed by atoms with Gasteiger partial charge < -0.3 is 4.74 Å². The molecule has 0 amide bonds. The number of rotatable bonds is 3. The van der Waals surface area contributed by atoms with Gasteiger partial charge in [0.1, 0.15) is 11.8 Å². The third kappa shape index (κ3) is 2.74. The Morgan fingerprint density at radius 1 is 1.29 bits per heavy atom. The maximum absolute atomic E-state index is 9.12. The predicted molar refractivity (Wildman–Crippen MR) is 70.8 cm³/mol. The Kier molecular flexibility index (Phi) is 3.59. The molecule has 3 heteroatoms. The third-order valence-electron chi connectivity index (χ3n) is 2.33. The first kappa shape index (κ1) is 11.4. The Labute approximate surface area is 104 Å². The molecule has 0 saturated carbocycles. The van der Waals surface area contributed by atoms with E-state index in [9.17, 15) is 0 Å². The second-order valence-corrected chi connectivity index (χ2v) is 4.37. The Morgan fingerprint density at radius 2 is 2.06 bits per heavy atom. The van der Waals surface area contributed by atoms with E-state index in [0.29, 0.717) is 5.57 Å². The smallest absolute Gasteiger partial charge is 0.118 e. The second kappa shape index (κ2) is 5.33. The highest BCUT2D eigenvalue weighted by Crippen LogP contribution is 2.22. The summed E-state index contributed by atoms with van der Waals surface area (Å²) in [6.07, 6.45) is 1.88. The van der Waals surface area contributed by atoms with E-state index >= 15 is 0 Å². The van der Waals surface area contributed by atoms with E-state index in [2.05, 4.69) is 6.07 Å². The fraction of sp³-hybridized carbons (Fsp3) is 0.0714. The Hall–Kier alpha value is -2.05. The van der Waals surface area contributed by atoms with E-state index in [1.54, 1.807) is 18.4 Å². The van der Waals surface area contributed by atoms with E-state index in [1.165, 1.54) is 0 Å². The molecule has 0 radical (unpaired) electrons. The molecule has 0 fully saturated rings. The lowest BCUT2D eigenvalue weighted by Crippen LogP contribution is -1.82. The van der Waals surface area contributed by atoms with Gasteiger partial charge in [0, 0.05) is 4.88 Å². The summed E-state index contributed by atoms with van der Waals surface area (Å²) in [5.74, 6) is 0.816. The van der Waals surface area contributed by atoms with Gasteiger partial charge in [-0.2, -0.15) is 5.26 Å². The summed E-state index contributed by atoms with van der Waals surface area (Å²) in [6, 6.07) is 13.8. The van der Waals surface area contributed by atoms with Crippen LogP contribution in [-0.2, 0) is 0 Å². The lowest BCUT2D eigenvalue weighted by atomic mass is 10.1. The summed E-state index contributed by atoms with van der Waals surface area (Å²) in [5.41, 5.74) is 1.68. The highest BCUT2D eigenvalue weighted by atomic mass is 32.1. The van der Waals surface area contributed by atoms with Gasteiger partial charge in [-0.1, -0.05) is 18.2 Å². The topological polar surface area (TPSA) is 33.0 Å². The Bertz CT molecular complexity index is 547. The average Bonchev–Trinajstić information content (AvgIpc) is 2.90. The van der Waals surface area contributed by atoms with Crippen LogP contribution < -0.4 is 4.74 Å². The molecule has 0 aliphatic heterocycles. The van der Waals surface area contributed by atoms with Gasteiger partial charge in [0.15, 0.2) is 0 Å². The maximum Gasteiger partial charge on any atom is 0.118 e. The molecule has 0 spiro atoms. The van der Waals surface area contributed by atoms with Crippen molar-refractivity contribution >= 4 is 23.0 Å². The van der Waals surface area contributed by atoms with Crippen LogP contribution in [0.4, 0.5) is 0 Å². The largest absolute Gasteiger partial charge is 0.497 e. The van der Waals surface area contributed by atoms with Crippen molar-refractivity contribution in [3.63, 3.8) is 0 Å². The molecule has 0 aliphatic rings. The molecule has 0 unspecified atom stereocenters. The first-order chi connectivity index (χ1) is 8.33. The van der Waals surface area contributed by atoms with Crippen molar-refractivity contribution in [3.05, 3.63) is 52.2 Å². The third-order valence-corrected chi connectivity index (χ3v) is 3.24. The zero-order valence-corrected chi connectivity index (χ0v) is 10.2. The van der Waals surface area contributed by atoms with Crippen LogP contribution in [0.1, 0.15) is 10.4 Å². The van der Waals surface area contributed by atoms with E-state index in [1.807, 2.05) is 47.9 Å². The van der Waals surface area contributed by atoms with E-state index in [4.69, 9.17) is 10.00 Å². The number of hydrogen-bond donors (Lipinski definition) is 0. The molecule has 1 aromatic heterocycles. The number of allylic oxidation sites excluding steroid dienone is 1.